The Balaban J connectivity index is 1.28. The van der Waals surface area contributed by atoms with Gasteiger partial charge in [-0.3, -0.25) is 4.90 Å². The van der Waals surface area contributed by atoms with Crippen molar-refractivity contribution in [1.82, 2.24) is 14.2 Å². The molecule has 0 bridgehead atoms. The van der Waals surface area contributed by atoms with Crippen LogP contribution in [0.2, 0.25) is 0 Å². The Labute approximate surface area is 178 Å². The van der Waals surface area contributed by atoms with Crippen LogP contribution in [0.25, 0.3) is 0 Å². The van der Waals surface area contributed by atoms with Crippen molar-refractivity contribution >= 4 is 15.8 Å². The summed E-state index contributed by atoms with van der Waals surface area (Å²) in [4.78, 5) is 8.95. The molecule has 0 saturated carbocycles. The Bertz CT molecular complexity index is 933. The summed E-state index contributed by atoms with van der Waals surface area (Å²) in [6.45, 7) is 5.31. The molecule has 162 valence electrons. The fourth-order valence-electron chi connectivity index (χ4n) is 4.49. The molecule has 0 N–H and O–H groups in total. The van der Waals surface area contributed by atoms with Gasteiger partial charge in [-0.05, 0) is 56.5 Å². The smallest absolute Gasteiger partial charge is 0.246 e. The minimum absolute atomic E-state index is 0.0376. The fraction of sp³-hybridized carbons (Fsp3) is 0.500. The van der Waals surface area contributed by atoms with Crippen LogP contribution in [-0.4, -0.2) is 67.9 Å². The van der Waals surface area contributed by atoms with Crippen molar-refractivity contribution in [3.63, 3.8) is 0 Å². The van der Waals surface area contributed by atoms with Gasteiger partial charge in [-0.2, -0.15) is 4.31 Å². The zero-order chi connectivity index (χ0) is 21.0. The van der Waals surface area contributed by atoms with E-state index in [1.807, 2.05) is 24.4 Å². The minimum Gasteiger partial charge on any atom is -0.354 e. The number of nitrogens with zero attached hydrogens (tertiary/aromatic N) is 4. The van der Waals surface area contributed by atoms with Gasteiger partial charge in [0.25, 0.3) is 0 Å². The molecule has 2 fully saturated rings. The number of rotatable bonds is 7. The van der Waals surface area contributed by atoms with Crippen molar-refractivity contribution in [2.75, 3.05) is 44.2 Å². The van der Waals surface area contributed by atoms with E-state index >= 15 is 0 Å². The van der Waals surface area contributed by atoms with E-state index < -0.39 is 15.8 Å². The van der Waals surface area contributed by atoms with E-state index in [1.54, 1.807) is 6.07 Å². The predicted molar refractivity (Wildman–Crippen MR) is 115 cm³/mol. The summed E-state index contributed by atoms with van der Waals surface area (Å²) in [5, 5.41) is 0. The molecule has 2 saturated heterocycles. The summed E-state index contributed by atoms with van der Waals surface area (Å²) in [5.41, 5.74) is 0. The number of halogens is 1. The van der Waals surface area contributed by atoms with Gasteiger partial charge in [0, 0.05) is 45.0 Å². The van der Waals surface area contributed by atoms with Crippen LogP contribution in [0.4, 0.5) is 10.2 Å². The maximum Gasteiger partial charge on any atom is 0.246 e. The van der Waals surface area contributed by atoms with E-state index in [0.29, 0.717) is 6.54 Å². The number of anilines is 1. The second kappa shape index (κ2) is 9.41. The first-order valence-corrected chi connectivity index (χ1v) is 12.1. The third kappa shape index (κ3) is 4.66. The third-order valence-corrected chi connectivity index (χ3v) is 8.09. The van der Waals surface area contributed by atoms with Gasteiger partial charge in [0.05, 0.1) is 0 Å². The van der Waals surface area contributed by atoms with E-state index in [9.17, 15) is 12.8 Å². The van der Waals surface area contributed by atoms with Crippen LogP contribution >= 0.6 is 0 Å². The van der Waals surface area contributed by atoms with Gasteiger partial charge in [-0.15, -0.1) is 0 Å². The zero-order valence-corrected chi connectivity index (χ0v) is 18.0. The van der Waals surface area contributed by atoms with Gasteiger partial charge in [0.15, 0.2) is 0 Å². The maximum atomic E-state index is 14.1. The lowest BCUT2D eigenvalue weighted by Gasteiger charge is -2.35. The van der Waals surface area contributed by atoms with E-state index in [-0.39, 0.29) is 10.9 Å². The Morgan fingerprint density at radius 3 is 2.50 bits per heavy atom. The predicted octanol–water partition coefficient (Wildman–Crippen LogP) is 2.98. The van der Waals surface area contributed by atoms with Crippen molar-refractivity contribution in [3.05, 3.63) is 54.5 Å². The number of pyridine rings is 1. The molecule has 4 rings (SSSR count). The average molecular weight is 433 g/mol. The SMILES string of the molecule is O=S(=O)(c1ccccc1F)N1CCC[C@@H]1CCCN1CCN(c2ccccn2)CC1. The summed E-state index contributed by atoms with van der Waals surface area (Å²) in [6.07, 6.45) is 5.26. The van der Waals surface area contributed by atoms with Gasteiger partial charge in [-0.1, -0.05) is 18.2 Å². The largest absolute Gasteiger partial charge is 0.354 e. The van der Waals surface area contributed by atoms with Crippen LogP contribution in [0.15, 0.2) is 53.6 Å². The van der Waals surface area contributed by atoms with Crippen molar-refractivity contribution < 1.29 is 12.8 Å². The topological polar surface area (TPSA) is 56.8 Å². The lowest BCUT2D eigenvalue weighted by Crippen LogP contribution is -2.47. The number of hydrogen-bond donors (Lipinski definition) is 0. The number of piperazine rings is 1. The molecule has 0 radical (unpaired) electrons. The molecule has 2 aromatic rings. The van der Waals surface area contributed by atoms with Crippen LogP contribution in [0, 0.1) is 5.82 Å². The van der Waals surface area contributed by atoms with Crippen LogP contribution in [0.5, 0.6) is 0 Å². The number of hydrogen-bond acceptors (Lipinski definition) is 5. The van der Waals surface area contributed by atoms with Crippen molar-refractivity contribution in [2.45, 2.75) is 36.6 Å². The van der Waals surface area contributed by atoms with Crippen molar-refractivity contribution in [3.8, 4) is 0 Å². The quantitative estimate of drug-likeness (QED) is 0.673. The molecule has 0 unspecified atom stereocenters. The van der Waals surface area contributed by atoms with Crippen LogP contribution < -0.4 is 4.90 Å². The molecule has 2 aliphatic heterocycles. The molecular weight excluding hydrogens is 403 g/mol. The molecule has 6 nitrogen and oxygen atoms in total. The first-order valence-electron chi connectivity index (χ1n) is 10.7. The minimum atomic E-state index is -3.78. The lowest BCUT2D eigenvalue weighted by atomic mass is 10.1. The van der Waals surface area contributed by atoms with Crippen molar-refractivity contribution in [2.24, 2.45) is 0 Å². The summed E-state index contributed by atoms with van der Waals surface area (Å²) in [5.74, 6) is 0.353. The highest BCUT2D eigenvalue weighted by atomic mass is 32.2. The molecule has 30 heavy (non-hydrogen) atoms. The van der Waals surface area contributed by atoms with E-state index in [2.05, 4.69) is 14.8 Å². The number of benzene rings is 1. The average Bonchev–Trinajstić information content (AvgIpc) is 3.25. The van der Waals surface area contributed by atoms with Crippen molar-refractivity contribution in [1.29, 1.82) is 0 Å². The number of sulfonamides is 1. The highest BCUT2D eigenvalue weighted by Crippen LogP contribution is 2.29. The molecular formula is C22H29FN4O2S. The first kappa shape index (κ1) is 21.2. The van der Waals surface area contributed by atoms with Gasteiger partial charge in [0.2, 0.25) is 10.0 Å². The standard InChI is InChI=1S/C22H29FN4O2S/c23-20-9-1-2-10-21(20)30(28,29)27-14-6-8-19(27)7-5-13-25-15-17-26(18-16-25)22-11-3-4-12-24-22/h1-4,9-12,19H,5-8,13-18H2/t19-/m0/s1. The summed E-state index contributed by atoms with van der Waals surface area (Å²) < 4.78 is 41.5. The monoisotopic (exact) mass is 432 g/mol. The maximum absolute atomic E-state index is 14.1. The molecule has 2 aliphatic rings. The molecule has 0 amide bonds. The first-order chi connectivity index (χ1) is 14.6. The number of aromatic nitrogens is 1. The van der Waals surface area contributed by atoms with E-state index in [4.69, 9.17) is 0 Å². The van der Waals surface area contributed by atoms with Gasteiger partial charge in [0.1, 0.15) is 16.5 Å². The van der Waals surface area contributed by atoms with Gasteiger partial charge < -0.3 is 4.90 Å². The molecule has 3 heterocycles. The molecule has 0 spiro atoms. The highest BCUT2D eigenvalue weighted by Gasteiger charge is 2.36. The van der Waals surface area contributed by atoms with Crippen LogP contribution in [0.3, 0.4) is 0 Å². The van der Waals surface area contributed by atoms with Gasteiger partial charge >= 0.3 is 0 Å². The Morgan fingerprint density at radius 1 is 1.00 bits per heavy atom. The molecule has 1 aromatic carbocycles. The zero-order valence-electron chi connectivity index (χ0n) is 17.2. The Kier molecular flexibility index (Phi) is 6.65. The summed E-state index contributed by atoms with van der Waals surface area (Å²) in [6, 6.07) is 11.6. The second-order valence-corrected chi connectivity index (χ2v) is 9.86. The Hall–Kier alpha value is -2.03. The normalized spacial score (nSPS) is 21.2. The molecule has 1 atom stereocenters. The molecule has 1 aromatic heterocycles. The van der Waals surface area contributed by atoms with E-state index in [1.165, 1.54) is 22.5 Å². The highest BCUT2D eigenvalue weighted by molar-refractivity contribution is 7.89. The van der Waals surface area contributed by atoms with Crippen LogP contribution in [-0.2, 0) is 10.0 Å². The van der Waals surface area contributed by atoms with E-state index in [0.717, 1.165) is 64.2 Å². The summed E-state index contributed by atoms with van der Waals surface area (Å²) >= 11 is 0. The van der Waals surface area contributed by atoms with Crippen LogP contribution in [0.1, 0.15) is 25.7 Å². The summed E-state index contributed by atoms with van der Waals surface area (Å²) in [7, 11) is -3.78. The van der Waals surface area contributed by atoms with Gasteiger partial charge in [-0.25, -0.2) is 17.8 Å². The Morgan fingerprint density at radius 2 is 1.77 bits per heavy atom. The molecule has 0 aliphatic carbocycles. The molecule has 8 heteroatoms. The lowest BCUT2D eigenvalue weighted by molar-refractivity contribution is 0.243. The fourth-order valence-corrected chi connectivity index (χ4v) is 6.28. The second-order valence-electron chi connectivity index (χ2n) is 8.00. The third-order valence-electron chi connectivity index (χ3n) is 6.10.